The van der Waals surface area contributed by atoms with Crippen molar-refractivity contribution in [2.75, 3.05) is 12.4 Å². The third-order valence-corrected chi connectivity index (χ3v) is 4.42. The minimum absolute atomic E-state index is 0.731. The Bertz CT molecular complexity index is 615. The van der Waals surface area contributed by atoms with Crippen LogP contribution in [0.4, 0.5) is 5.69 Å². The summed E-state index contributed by atoms with van der Waals surface area (Å²) in [7, 11) is 3.61. The standard InChI is InChI=1S/C14H17Br2N3O/c1-8-13(9(2)19(3)18-8)17-7-10-5-11(15)14(20-4)12(16)6-10/h5-6,17H,7H2,1-4H3. The lowest BCUT2D eigenvalue weighted by Crippen LogP contribution is -2.02. The summed E-state index contributed by atoms with van der Waals surface area (Å²) in [5.74, 6) is 0.808. The Labute approximate surface area is 135 Å². The van der Waals surface area contributed by atoms with Crippen LogP contribution in [0.25, 0.3) is 0 Å². The Kier molecular flexibility index (Phi) is 4.75. The van der Waals surface area contributed by atoms with Crippen LogP contribution in [0.2, 0.25) is 0 Å². The summed E-state index contributed by atoms with van der Waals surface area (Å²) in [5.41, 5.74) is 4.40. The second-order valence-corrected chi connectivity index (χ2v) is 6.32. The van der Waals surface area contributed by atoms with E-state index in [2.05, 4.69) is 61.3 Å². The van der Waals surface area contributed by atoms with Gasteiger partial charge in [-0.3, -0.25) is 4.68 Å². The van der Waals surface area contributed by atoms with Crippen LogP contribution in [0.3, 0.4) is 0 Å². The van der Waals surface area contributed by atoms with Crippen LogP contribution in [0, 0.1) is 13.8 Å². The number of hydrogen-bond donors (Lipinski definition) is 1. The number of aryl methyl sites for hydroxylation is 2. The van der Waals surface area contributed by atoms with Crippen molar-refractivity contribution in [1.82, 2.24) is 9.78 Å². The lowest BCUT2D eigenvalue weighted by atomic mass is 10.2. The molecule has 1 N–H and O–H groups in total. The molecule has 108 valence electrons. The molecule has 20 heavy (non-hydrogen) atoms. The molecule has 0 saturated carbocycles. The molecule has 0 atom stereocenters. The number of aromatic nitrogens is 2. The Morgan fingerprint density at radius 1 is 1.25 bits per heavy atom. The van der Waals surface area contributed by atoms with Crippen LogP contribution in [-0.2, 0) is 13.6 Å². The zero-order valence-corrected chi connectivity index (χ0v) is 15.1. The smallest absolute Gasteiger partial charge is 0.147 e. The van der Waals surface area contributed by atoms with E-state index in [1.807, 2.05) is 18.7 Å². The number of nitrogens with one attached hydrogen (secondary N) is 1. The average molecular weight is 403 g/mol. The molecule has 1 aromatic heterocycles. The van der Waals surface area contributed by atoms with Gasteiger partial charge in [0.2, 0.25) is 0 Å². The number of methoxy groups -OCH3 is 1. The maximum atomic E-state index is 5.31. The highest BCUT2D eigenvalue weighted by molar-refractivity contribution is 9.11. The van der Waals surface area contributed by atoms with Crippen molar-refractivity contribution in [2.45, 2.75) is 20.4 Å². The van der Waals surface area contributed by atoms with Crippen molar-refractivity contribution in [3.8, 4) is 5.75 Å². The van der Waals surface area contributed by atoms with Gasteiger partial charge in [-0.25, -0.2) is 0 Å². The molecule has 2 rings (SSSR count). The van der Waals surface area contributed by atoms with E-state index in [1.54, 1.807) is 7.11 Å². The number of halogens is 2. The molecular formula is C14H17Br2N3O. The minimum atomic E-state index is 0.731. The van der Waals surface area contributed by atoms with Gasteiger partial charge in [0.15, 0.2) is 0 Å². The van der Waals surface area contributed by atoms with E-state index in [-0.39, 0.29) is 0 Å². The first-order valence-electron chi connectivity index (χ1n) is 6.20. The third kappa shape index (κ3) is 3.01. The molecule has 1 heterocycles. The molecule has 0 fully saturated rings. The maximum absolute atomic E-state index is 5.31. The van der Waals surface area contributed by atoms with Gasteiger partial charge in [0.05, 0.1) is 33.1 Å². The quantitative estimate of drug-likeness (QED) is 0.833. The average Bonchev–Trinajstić information content (AvgIpc) is 2.61. The molecule has 6 heteroatoms. The first-order valence-corrected chi connectivity index (χ1v) is 7.78. The highest BCUT2D eigenvalue weighted by Crippen LogP contribution is 2.34. The van der Waals surface area contributed by atoms with Gasteiger partial charge < -0.3 is 10.1 Å². The number of nitrogens with zero attached hydrogens (tertiary/aromatic N) is 2. The molecule has 0 unspecified atom stereocenters. The molecule has 0 spiro atoms. The van der Waals surface area contributed by atoms with Crippen LogP contribution in [0.15, 0.2) is 21.1 Å². The molecule has 0 bridgehead atoms. The van der Waals surface area contributed by atoms with Gasteiger partial charge in [-0.05, 0) is 63.4 Å². The lowest BCUT2D eigenvalue weighted by Gasteiger charge is -2.11. The zero-order valence-electron chi connectivity index (χ0n) is 11.9. The summed E-state index contributed by atoms with van der Waals surface area (Å²) in [6.45, 7) is 4.80. The first kappa shape index (κ1) is 15.4. The highest BCUT2D eigenvalue weighted by Gasteiger charge is 2.11. The van der Waals surface area contributed by atoms with Crippen molar-refractivity contribution in [3.05, 3.63) is 38.0 Å². The largest absolute Gasteiger partial charge is 0.494 e. The monoisotopic (exact) mass is 401 g/mol. The summed E-state index contributed by atoms with van der Waals surface area (Å²) in [4.78, 5) is 0. The summed E-state index contributed by atoms with van der Waals surface area (Å²) in [6.07, 6.45) is 0. The van der Waals surface area contributed by atoms with E-state index in [0.29, 0.717) is 0 Å². The van der Waals surface area contributed by atoms with Crippen LogP contribution in [0.1, 0.15) is 17.0 Å². The fourth-order valence-corrected chi connectivity index (χ4v) is 3.73. The van der Waals surface area contributed by atoms with Crippen molar-refractivity contribution < 1.29 is 4.74 Å². The number of anilines is 1. The molecule has 0 aliphatic heterocycles. The Balaban J connectivity index is 2.19. The fraction of sp³-hybridized carbons (Fsp3) is 0.357. The predicted molar refractivity (Wildman–Crippen MR) is 88.4 cm³/mol. The van der Waals surface area contributed by atoms with Crippen molar-refractivity contribution in [2.24, 2.45) is 7.05 Å². The zero-order chi connectivity index (χ0) is 14.9. The molecule has 0 aliphatic rings. The minimum Gasteiger partial charge on any atom is -0.494 e. The molecule has 4 nitrogen and oxygen atoms in total. The van der Waals surface area contributed by atoms with E-state index in [4.69, 9.17) is 4.74 Å². The van der Waals surface area contributed by atoms with E-state index in [0.717, 1.165) is 43.9 Å². The summed E-state index contributed by atoms with van der Waals surface area (Å²) < 4.78 is 9.07. The van der Waals surface area contributed by atoms with Crippen molar-refractivity contribution >= 4 is 37.5 Å². The number of rotatable bonds is 4. The van der Waals surface area contributed by atoms with Gasteiger partial charge in [0, 0.05) is 13.6 Å². The van der Waals surface area contributed by atoms with Crippen LogP contribution in [-0.4, -0.2) is 16.9 Å². The van der Waals surface area contributed by atoms with Gasteiger partial charge >= 0.3 is 0 Å². The highest BCUT2D eigenvalue weighted by atomic mass is 79.9. The molecule has 0 aliphatic carbocycles. The Morgan fingerprint density at radius 2 is 1.85 bits per heavy atom. The molecule has 0 radical (unpaired) electrons. The van der Waals surface area contributed by atoms with Crippen LogP contribution < -0.4 is 10.1 Å². The first-order chi connectivity index (χ1) is 9.43. The fourth-order valence-electron chi connectivity index (χ4n) is 2.13. The number of benzene rings is 1. The van der Waals surface area contributed by atoms with Crippen LogP contribution in [0.5, 0.6) is 5.75 Å². The van der Waals surface area contributed by atoms with Crippen LogP contribution >= 0.6 is 31.9 Å². The second-order valence-electron chi connectivity index (χ2n) is 4.62. The van der Waals surface area contributed by atoms with Gasteiger partial charge in [0.25, 0.3) is 0 Å². The predicted octanol–water partition coefficient (Wildman–Crippen LogP) is 4.18. The van der Waals surface area contributed by atoms with Gasteiger partial charge in [0.1, 0.15) is 5.75 Å². The summed E-state index contributed by atoms with van der Waals surface area (Å²) >= 11 is 7.04. The topological polar surface area (TPSA) is 39.1 Å². The van der Waals surface area contributed by atoms with Gasteiger partial charge in [-0.2, -0.15) is 5.10 Å². The lowest BCUT2D eigenvalue weighted by molar-refractivity contribution is 0.409. The van der Waals surface area contributed by atoms with E-state index in [1.165, 1.54) is 0 Å². The normalized spacial score (nSPS) is 10.7. The number of ether oxygens (including phenoxy) is 1. The molecule has 2 aromatic rings. The SMILES string of the molecule is COc1c(Br)cc(CNc2c(C)nn(C)c2C)cc1Br. The van der Waals surface area contributed by atoms with Gasteiger partial charge in [-0.1, -0.05) is 0 Å². The van der Waals surface area contributed by atoms with E-state index < -0.39 is 0 Å². The summed E-state index contributed by atoms with van der Waals surface area (Å²) in [6, 6.07) is 4.11. The van der Waals surface area contributed by atoms with Crippen molar-refractivity contribution in [1.29, 1.82) is 0 Å². The molecule has 0 saturated heterocycles. The van der Waals surface area contributed by atoms with E-state index in [9.17, 15) is 0 Å². The third-order valence-electron chi connectivity index (χ3n) is 3.24. The Morgan fingerprint density at radius 3 is 2.30 bits per heavy atom. The van der Waals surface area contributed by atoms with Gasteiger partial charge in [-0.15, -0.1) is 0 Å². The van der Waals surface area contributed by atoms with Crippen molar-refractivity contribution in [3.63, 3.8) is 0 Å². The number of hydrogen-bond acceptors (Lipinski definition) is 3. The Hall–Kier alpha value is -1.01. The molecular weight excluding hydrogens is 386 g/mol. The second kappa shape index (κ2) is 6.18. The molecule has 0 amide bonds. The van der Waals surface area contributed by atoms with E-state index >= 15 is 0 Å². The maximum Gasteiger partial charge on any atom is 0.147 e. The molecule has 1 aromatic carbocycles. The summed E-state index contributed by atoms with van der Waals surface area (Å²) in [5, 5.41) is 7.85.